The second-order valence-electron chi connectivity index (χ2n) is 3.52. The molecule has 15 heavy (non-hydrogen) atoms. The van der Waals surface area contributed by atoms with Crippen LogP contribution in [-0.2, 0) is 6.54 Å². The quantitative estimate of drug-likeness (QED) is 0.683. The summed E-state index contributed by atoms with van der Waals surface area (Å²) in [4.78, 5) is 10.3. The van der Waals surface area contributed by atoms with Crippen molar-refractivity contribution in [2.75, 3.05) is 27.2 Å². The maximum atomic E-state index is 5.51. The van der Waals surface area contributed by atoms with Crippen LogP contribution in [0.4, 0.5) is 0 Å². The van der Waals surface area contributed by atoms with Crippen LogP contribution in [0.2, 0.25) is 0 Å². The lowest BCUT2D eigenvalue weighted by molar-refractivity contribution is 0.269. The summed E-state index contributed by atoms with van der Waals surface area (Å²) in [6, 6.07) is 0. The van der Waals surface area contributed by atoms with Gasteiger partial charge in [-0.15, -0.1) is 0 Å². The Morgan fingerprint density at radius 3 is 2.73 bits per heavy atom. The minimum atomic E-state index is 0.358. The van der Waals surface area contributed by atoms with Gasteiger partial charge in [-0.2, -0.15) is 0 Å². The lowest BCUT2D eigenvalue weighted by Crippen LogP contribution is -2.16. The fourth-order valence-electron chi connectivity index (χ4n) is 1.16. The number of nitrogens with two attached hydrogens (primary N) is 1. The molecule has 0 aliphatic rings. The van der Waals surface area contributed by atoms with Crippen LogP contribution in [0, 0.1) is 0 Å². The van der Waals surface area contributed by atoms with E-state index in [4.69, 9.17) is 10.5 Å². The lowest BCUT2D eigenvalue weighted by Gasteiger charge is -2.10. The molecule has 0 aromatic carbocycles. The minimum absolute atomic E-state index is 0.358. The monoisotopic (exact) mass is 210 g/mol. The van der Waals surface area contributed by atoms with Crippen molar-refractivity contribution in [1.29, 1.82) is 0 Å². The molecule has 0 aliphatic carbocycles. The second-order valence-corrected chi connectivity index (χ2v) is 3.52. The summed E-state index contributed by atoms with van der Waals surface area (Å²) in [6.45, 7) is 2.00. The van der Waals surface area contributed by atoms with Crippen LogP contribution in [0.15, 0.2) is 12.4 Å². The first-order valence-electron chi connectivity index (χ1n) is 5.01. The first-order valence-corrected chi connectivity index (χ1v) is 5.01. The van der Waals surface area contributed by atoms with Gasteiger partial charge in [0.1, 0.15) is 5.69 Å². The number of aromatic nitrogens is 2. The Hall–Kier alpha value is -1.20. The third kappa shape index (κ3) is 4.22. The van der Waals surface area contributed by atoms with Crippen LogP contribution < -0.4 is 10.5 Å². The molecule has 0 aliphatic heterocycles. The highest BCUT2D eigenvalue weighted by molar-refractivity contribution is 5.16. The second kappa shape index (κ2) is 6.31. The van der Waals surface area contributed by atoms with E-state index in [1.54, 1.807) is 12.4 Å². The highest BCUT2D eigenvalue weighted by Gasteiger charge is 2.03. The lowest BCUT2D eigenvalue weighted by atomic mass is 10.4. The average molecular weight is 210 g/mol. The number of rotatable bonds is 6. The molecule has 0 saturated heterocycles. The Balaban J connectivity index is 2.36. The largest absolute Gasteiger partial charge is 0.476 e. The standard InChI is InChI=1S/C10H18N4O/c1-14(2)6-3-7-15-10-9(8-11)12-4-5-13-10/h4-5H,3,6-8,11H2,1-2H3. The smallest absolute Gasteiger partial charge is 0.236 e. The maximum Gasteiger partial charge on any atom is 0.236 e. The highest BCUT2D eigenvalue weighted by Crippen LogP contribution is 2.10. The van der Waals surface area contributed by atoms with Gasteiger partial charge >= 0.3 is 0 Å². The maximum absolute atomic E-state index is 5.51. The summed E-state index contributed by atoms with van der Waals surface area (Å²) in [5, 5.41) is 0. The van der Waals surface area contributed by atoms with Gasteiger partial charge in [0.25, 0.3) is 0 Å². The normalized spacial score (nSPS) is 10.7. The number of hydrogen-bond acceptors (Lipinski definition) is 5. The first-order chi connectivity index (χ1) is 7.24. The predicted molar refractivity (Wildman–Crippen MR) is 58.6 cm³/mol. The van der Waals surface area contributed by atoms with Gasteiger partial charge in [0.15, 0.2) is 0 Å². The topological polar surface area (TPSA) is 64.3 Å². The van der Waals surface area contributed by atoms with E-state index in [1.165, 1.54) is 0 Å². The minimum Gasteiger partial charge on any atom is -0.476 e. The van der Waals surface area contributed by atoms with E-state index in [0.29, 0.717) is 24.7 Å². The molecule has 0 saturated carbocycles. The molecule has 0 amide bonds. The Morgan fingerprint density at radius 2 is 2.07 bits per heavy atom. The predicted octanol–water partition coefficient (Wildman–Crippen LogP) is 0.266. The Morgan fingerprint density at radius 1 is 1.33 bits per heavy atom. The van der Waals surface area contributed by atoms with E-state index >= 15 is 0 Å². The van der Waals surface area contributed by atoms with Crippen LogP contribution in [0.5, 0.6) is 5.88 Å². The summed E-state index contributed by atoms with van der Waals surface area (Å²) < 4.78 is 5.50. The third-order valence-electron chi connectivity index (χ3n) is 1.92. The third-order valence-corrected chi connectivity index (χ3v) is 1.92. The van der Waals surface area contributed by atoms with Crippen LogP contribution >= 0.6 is 0 Å². The molecular weight excluding hydrogens is 192 g/mol. The molecule has 0 bridgehead atoms. The Labute approximate surface area is 90.3 Å². The van der Waals surface area contributed by atoms with Crippen molar-refractivity contribution >= 4 is 0 Å². The van der Waals surface area contributed by atoms with Gasteiger partial charge in [-0.05, 0) is 20.5 Å². The van der Waals surface area contributed by atoms with Gasteiger partial charge in [0.05, 0.1) is 6.61 Å². The molecule has 0 fully saturated rings. The molecule has 1 aromatic heterocycles. The van der Waals surface area contributed by atoms with E-state index in [9.17, 15) is 0 Å². The average Bonchev–Trinajstić information content (AvgIpc) is 2.24. The molecule has 84 valence electrons. The number of nitrogens with zero attached hydrogens (tertiary/aromatic N) is 3. The van der Waals surface area contributed by atoms with E-state index in [2.05, 4.69) is 14.9 Å². The van der Waals surface area contributed by atoms with Crippen molar-refractivity contribution < 1.29 is 4.74 Å². The number of hydrogen-bond donors (Lipinski definition) is 1. The van der Waals surface area contributed by atoms with Crippen molar-refractivity contribution in [3.63, 3.8) is 0 Å². The summed E-state index contributed by atoms with van der Waals surface area (Å²) in [5.74, 6) is 0.554. The van der Waals surface area contributed by atoms with Crippen LogP contribution in [0.25, 0.3) is 0 Å². The van der Waals surface area contributed by atoms with Crippen LogP contribution in [0.3, 0.4) is 0 Å². The van der Waals surface area contributed by atoms with Gasteiger partial charge in [0.2, 0.25) is 5.88 Å². The molecule has 5 nitrogen and oxygen atoms in total. The van der Waals surface area contributed by atoms with Crippen molar-refractivity contribution in [2.45, 2.75) is 13.0 Å². The molecule has 5 heteroatoms. The zero-order valence-electron chi connectivity index (χ0n) is 9.31. The molecule has 0 unspecified atom stereocenters. The van der Waals surface area contributed by atoms with Gasteiger partial charge < -0.3 is 15.4 Å². The van der Waals surface area contributed by atoms with Crippen molar-refractivity contribution in [1.82, 2.24) is 14.9 Å². The molecule has 1 aromatic rings. The molecule has 1 rings (SSSR count). The summed E-state index contributed by atoms with van der Waals surface area (Å²) in [5.41, 5.74) is 6.22. The van der Waals surface area contributed by atoms with Gasteiger partial charge in [-0.1, -0.05) is 0 Å². The molecule has 0 atom stereocenters. The number of ether oxygens (including phenoxy) is 1. The van der Waals surface area contributed by atoms with E-state index < -0.39 is 0 Å². The summed E-state index contributed by atoms with van der Waals surface area (Å²) in [7, 11) is 4.07. The van der Waals surface area contributed by atoms with Gasteiger partial charge in [0, 0.05) is 25.5 Å². The zero-order chi connectivity index (χ0) is 11.1. The van der Waals surface area contributed by atoms with Gasteiger partial charge in [-0.3, -0.25) is 4.98 Å². The summed E-state index contributed by atoms with van der Waals surface area (Å²) >= 11 is 0. The Bertz CT molecular complexity index is 291. The SMILES string of the molecule is CN(C)CCCOc1nccnc1CN. The van der Waals surface area contributed by atoms with Crippen LogP contribution in [0.1, 0.15) is 12.1 Å². The fourth-order valence-corrected chi connectivity index (χ4v) is 1.16. The molecule has 0 radical (unpaired) electrons. The van der Waals surface area contributed by atoms with E-state index in [0.717, 1.165) is 13.0 Å². The van der Waals surface area contributed by atoms with Crippen molar-refractivity contribution in [3.05, 3.63) is 18.1 Å². The van der Waals surface area contributed by atoms with Crippen molar-refractivity contribution in [2.24, 2.45) is 5.73 Å². The fraction of sp³-hybridized carbons (Fsp3) is 0.600. The molecule has 0 spiro atoms. The molecular formula is C10H18N4O. The van der Waals surface area contributed by atoms with Crippen molar-refractivity contribution in [3.8, 4) is 5.88 Å². The summed E-state index contributed by atoms with van der Waals surface area (Å²) in [6.07, 6.45) is 4.20. The molecule has 2 N–H and O–H groups in total. The van der Waals surface area contributed by atoms with Crippen LogP contribution in [-0.4, -0.2) is 42.1 Å². The zero-order valence-corrected chi connectivity index (χ0v) is 9.31. The molecule has 1 heterocycles. The van der Waals surface area contributed by atoms with Gasteiger partial charge in [-0.25, -0.2) is 4.98 Å². The Kier molecular flexibility index (Phi) is 5.00. The van der Waals surface area contributed by atoms with E-state index in [1.807, 2.05) is 14.1 Å². The van der Waals surface area contributed by atoms with E-state index in [-0.39, 0.29) is 0 Å². The first kappa shape index (κ1) is 11.9. The highest BCUT2D eigenvalue weighted by atomic mass is 16.5.